The topological polar surface area (TPSA) is 49.5 Å². The van der Waals surface area contributed by atoms with Crippen molar-refractivity contribution >= 4 is 0 Å². The van der Waals surface area contributed by atoms with Gasteiger partial charge in [0.05, 0.1) is 13.2 Å². The molecule has 0 spiro atoms. The zero-order chi connectivity index (χ0) is 13.9. The van der Waals surface area contributed by atoms with Gasteiger partial charge in [0.15, 0.2) is 5.76 Å². The summed E-state index contributed by atoms with van der Waals surface area (Å²) in [5.74, 6) is 1.40. The highest BCUT2D eigenvalue weighted by atomic mass is 16.5. The molecular formula is C16H20N2O2. The molecule has 3 rings (SSSR count). The minimum atomic E-state index is 0.209. The summed E-state index contributed by atoms with van der Waals surface area (Å²) in [7, 11) is 0. The zero-order valence-electron chi connectivity index (χ0n) is 11.7. The van der Waals surface area contributed by atoms with E-state index in [4.69, 9.17) is 4.52 Å². The van der Waals surface area contributed by atoms with E-state index in [2.05, 4.69) is 17.0 Å². The Hall–Kier alpha value is -1.65. The van der Waals surface area contributed by atoms with Gasteiger partial charge in [0.1, 0.15) is 5.69 Å². The molecule has 1 aromatic carbocycles. The van der Waals surface area contributed by atoms with Gasteiger partial charge in [-0.15, -0.1) is 0 Å². The average molecular weight is 272 g/mol. The van der Waals surface area contributed by atoms with Crippen LogP contribution in [0.25, 0.3) is 11.3 Å². The lowest BCUT2D eigenvalue weighted by Gasteiger charge is -2.23. The number of benzene rings is 1. The minimum Gasteiger partial charge on any atom is -0.395 e. The number of aliphatic hydroxyl groups excluding tert-OH is 1. The smallest absolute Gasteiger partial charge is 0.151 e. The Morgan fingerprint density at radius 2 is 2.15 bits per heavy atom. The molecule has 1 aromatic heterocycles. The second-order valence-corrected chi connectivity index (χ2v) is 5.53. The number of aromatic nitrogens is 1. The van der Waals surface area contributed by atoms with Crippen molar-refractivity contribution in [2.75, 3.05) is 13.2 Å². The molecule has 106 valence electrons. The highest BCUT2D eigenvalue weighted by Crippen LogP contribution is 2.26. The summed E-state index contributed by atoms with van der Waals surface area (Å²) in [6, 6.07) is 12.3. The molecule has 4 nitrogen and oxygen atoms in total. The van der Waals surface area contributed by atoms with Gasteiger partial charge in [0, 0.05) is 17.7 Å². The predicted molar refractivity (Wildman–Crippen MR) is 77.0 cm³/mol. The summed E-state index contributed by atoms with van der Waals surface area (Å²) in [6.07, 6.45) is 1.13. The molecule has 2 atom stereocenters. The Morgan fingerprint density at radius 1 is 1.35 bits per heavy atom. The van der Waals surface area contributed by atoms with Crippen LogP contribution < -0.4 is 0 Å². The lowest BCUT2D eigenvalue weighted by atomic mass is 10.0. The number of rotatable bonds is 4. The zero-order valence-corrected chi connectivity index (χ0v) is 11.7. The van der Waals surface area contributed by atoms with Crippen LogP contribution in [-0.4, -0.2) is 34.4 Å². The van der Waals surface area contributed by atoms with Crippen molar-refractivity contribution in [2.45, 2.75) is 25.9 Å². The summed E-state index contributed by atoms with van der Waals surface area (Å²) in [5.41, 5.74) is 1.93. The maximum absolute atomic E-state index is 9.48. The molecule has 4 heteroatoms. The summed E-state index contributed by atoms with van der Waals surface area (Å²) in [5, 5.41) is 13.6. The Kier molecular flexibility index (Phi) is 3.85. The summed E-state index contributed by atoms with van der Waals surface area (Å²) in [4.78, 5) is 2.28. The number of hydrogen-bond acceptors (Lipinski definition) is 4. The lowest BCUT2D eigenvalue weighted by Crippen LogP contribution is -2.34. The molecule has 2 unspecified atom stereocenters. The third-order valence-corrected chi connectivity index (χ3v) is 4.17. The van der Waals surface area contributed by atoms with E-state index >= 15 is 0 Å². The quantitative estimate of drug-likeness (QED) is 0.929. The van der Waals surface area contributed by atoms with E-state index in [0.717, 1.165) is 36.5 Å². The van der Waals surface area contributed by atoms with E-state index in [1.165, 1.54) is 0 Å². The number of aliphatic hydroxyl groups is 1. The first-order valence-corrected chi connectivity index (χ1v) is 7.14. The average Bonchev–Trinajstić information content (AvgIpc) is 3.08. The largest absolute Gasteiger partial charge is 0.395 e. The van der Waals surface area contributed by atoms with Crippen molar-refractivity contribution in [3.63, 3.8) is 0 Å². The number of hydrogen-bond donors (Lipinski definition) is 1. The Bertz CT molecular complexity index is 553. The van der Waals surface area contributed by atoms with Gasteiger partial charge in [-0.05, 0) is 18.9 Å². The highest BCUT2D eigenvalue weighted by Gasteiger charge is 2.31. The van der Waals surface area contributed by atoms with E-state index in [9.17, 15) is 5.11 Å². The lowest BCUT2D eigenvalue weighted by molar-refractivity contribution is 0.125. The second-order valence-electron chi connectivity index (χ2n) is 5.53. The summed E-state index contributed by atoms with van der Waals surface area (Å²) < 4.78 is 5.44. The van der Waals surface area contributed by atoms with Gasteiger partial charge in [0.2, 0.25) is 0 Å². The molecule has 1 fully saturated rings. The molecule has 20 heavy (non-hydrogen) atoms. The van der Waals surface area contributed by atoms with Gasteiger partial charge in [-0.2, -0.15) is 0 Å². The Balaban J connectivity index is 1.72. The SMILES string of the molecule is CC1CCN(Cc2cc(-c3ccccc3)no2)C1CO. The fraction of sp³-hybridized carbons (Fsp3) is 0.438. The first-order valence-electron chi connectivity index (χ1n) is 7.14. The van der Waals surface area contributed by atoms with E-state index in [-0.39, 0.29) is 12.6 Å². The van der Waals surface area contributed by atoms with Crippen LogP contribution in [0.3, 0.4) is 0 Å². The van der Waals surface area contributed by atoms with Gasteiger partial charge in [-0.3, -0.25) is 4.90 Å². The Morgan fingerprint density at radius 3 is 2.90 bits per heavy atom. The molecular weight excluding hydrogens is 252 g/mol. The van der Waals surface area contributed by atoms with Crippen molar-refractivity contribution < 1.29 is 9.63 Å². The number of likely N-dealkylation sites (tertiary alicyclic amines) is 1. The van der Waals surface area contributed by atoms with Crippen LogP contribution in [0.2, 0.25) is 0 Å². The molecule has 0 radical (unpaired) electrons. The van der Waals surface area contributed by atoms with Crippen LogP contribution in [0.15, 0.2) is 40.9 Å². The first-order chi connectivity index (χ1) is 9.78. The second kappa shape index (κ2) is 5.77. The van der Waals surface area contributed by atoms with Crippen LogP contribution >= 0.6 is 0 Å². The van der Waals surface area contributed by atoms with Gasteiger partial charge in [-0.25, -0.2) is 0 Å². The molecule has 1 N–H and O–H groups in total. The maximum Gasteiger partial charge on any atom is 0.151 e. The van der Waals surface area contributed by atoms with E-state index < -0.39 is 0 Å². The van der Waals surface area contributed by atoms with Gasteiger partial charge < -0.3 is 9.63 Å². The van der Waals surface area contributed by atoms with E-state index in [1.54, 1.807) is 0 Å². The number of nitrogens with zero attached hydrogens (tertiary/aromatic N) is 2. The van der Waals surface area contributed by atoms with Gasteiger partial charge in [-0.1, -0.05) is 42.4 Å². The van der Waals surface area contributed by atoms with Crippen molar-refractivity contribution in [2.24, 2.45) is 5.92 Å². The van der Waals surface area contributed by atoms with E-state index in [0.29, 0.717) is 5.92 Å². The molecule has 0 aliphatic carbocycles. The molecule has 2 aromatic rings. The fourth-order valence-electron chi connectivity index (χ4n) is 2.91. The van der Waals surface area contributed by atoms with E-state index in [1.807, 2.05) is 36.4 Å². The van der Waals surface area contributed by atoms with Gasteiger partial charge in [0.25, 0.3) is 0 Å². The van der Waals surface area contributed by atoms with Crippen LogP contribution in [0, 0.1) is 5.92 Å². The fourth-order valence-corrected chi connectivity index (χ4v) is 2.91. The van der Waals surface area contributed by atoms with Crippen LogP contribution in [0.1, 0.15) is 19.1 Å². The normalized spacial score (nSPS) is 23.3. The van der Waals surface area contributed by atoms with Crippen molar-refractivity contribution in [1.82, 2.24) is 10.1 Å². The first kappa shape index (κ1) is 13.3. The highest BCUT2D eigenvalue weighted by molar-refractivity contribution is 5.58. The maximum atomic E-state index is 9.48. The molecule has 1 aliphatic rings. The van der Waals surface area contributed by atoms with Crippen LogP contribution in [-0.2, 0) is 6.54 Å². The molecule has 1 aliphatic heterocycles. The third-order valence-electron chi connectivity index (χ3n) is 4.17. The van der Waals surface area contributed by atoms with Crippen molar-refractivity contribution in [3.05, 3.63) is 42.2 Å². The van der Waals surface area contributed by atoms with Crippen LogP contribution in [0.5, 0.6) is 0 Å². The van der Waals surface area contributed by atoms with Crippen molar-refractivity contribution in [1.29, 1.82) is 0 Å². The molecule has 0 amide bonds. The third kappa shape index (κ3) is 2.62. The standard InChI is InChI=1S/C16H20N2O2/c1-12-7-8-18(16(12)11-19)10-14-9-15(17-20-14)13-5-3-2-4-6-13/h2-6,9,12,16,19H,7-8,10-11H2,1H3. The van der Waals surface area contributed by atoms with Crippen molar-refractivity contribution in [3.8, 4) is 11.3 Å². The summed E-state index contributed by atoms with van der Waals surface area (Å²) in [6.45, 7) is 4.13. The molecule has 2 heterocycles. The minimum absolute atomic E-state index is 0.209. The molecule has 1 saturated heterocycles. The predicted octanol–water partition coefficient (Wildman–Crippen LogP) is 2.54. The Labute approximate surface area is 119 Å². The van der Waals surface area contributed by atoms with Crippen LogP contribution in [0.4, 0.5) is 0 Å². The monoisotopic (exact) mass is 272 g/mol. The molecule has 0 saturated carbocycles. The summed E-state index contributed by atoms with van der Waals surface area (Å²) >= 11 is 0. The van der Waals surface area contributed by atoms with Gasteiger partial charge >= 0.3 is 0 Å². The molecule has 0 bridgehead atoms.